The molecule has 10 aromatic carbocycles. The van der Waals surface area contributed by atoms with Crippen LogP contribution in [0.4, 0.5) is 17.1 Å². The van der Waals surface area contributed by atoms with Gasteiger partial charge in [0.15, 0.2) is 0 Å². The molecular formula is C62H42N2S. The quantitative estimate of drug-likeness (QED) is 0.174. The predicted octanol–water partition coefficient (Wildman–Crippen LogP) is 16.5. The monoisotopic (exact) mass is 846 g/mol. The molecule has 2 nitrogen and oxygen atoms in total. The third-order valence-corrected chi connectivity index (χ3v) is 16.0. The van der Waals surface area contributed by atoms with Gasteiger partial charge in [0.05, 0.1) is 16.4 Å². The molecule has 1 aromatic heterocycles. The van der Waals surface area contributed by atoms with E-state index >= 15 is 0 Å². The molecule has 0 saturated heterocycles. The van der Waals surface area contributed by atoms with E-state index in [9.17, 15) is 0 Å². The summed E-state index contributed by atoms with van der Waals surface area (Å²) in [6, 6.07) is 82.2. The number of anilines is 3. The highest BCUT2D eigenvalue weighted by Gasteiger charge is 2.49. The van der Waals surface area contributed by atoms with Crippen LogP contribution in [0.2, 0.25) is 0 Å². The van der Waals surface area contributed by atoms with Crippen LogP contribution in [0, 0.1) is 0 Å². The second kappa shape index (κ2) is 13.5. The van der Waals surface area contributed by atoms with Crippen LogP contribution in [0.25, 0.3) is 60.5 Å². The Morgan fingerprint density at radius 1 is 0.385 bits per heavy atom. The lowest BCUT2D eigenvalue weighted by molar-refractivity contribution is 0.660. The van der Waals surface area contributed by atoms with Crippen molar-refractivity contribution in [1.29, 1.82) is 0 Å². The number of benzene rings is 10. The first-order chi connectivity index (χ1) is 32.0. The lowest BCUT2D eigenvalue weighted by Crippen LogP contribution is -2.36. The van der Waals surface area contributed by atoms with Crippen molar-refractivity contribution in [3.8, 4) is 27.9 Å². The summed E-state index contributed by atoms with van der Waals surface area (Å²) in [7, 11) is 0. The fraction of sp³-hybridized carbons (Fsp3) is 0.0645. The van der Waals surface area contributed by atoms with Gasteiger partial charge >= 0.3 is 0 Å². The summed E-state index contributed by atoms with van der Waals surface area (Å²) in [5.41, 5.74) is 19.5. The summed E-state index contributed by atoms with van der Waals surface area (Å²) >= 11 is 1.90. The fourth-order valence-corrected chi connectivity index (χ4v) is 13.2. The Bertz CT molecular complexity index is 3800. The van der Waals surface area contributed by atoms with Crippen LogP contribution in [0.3, 0.4) is 0 Å². The molecule has 0 fully saturated rings. The molecule has 0 radical (unpaired) electrons. The van der Waals surface area contributed by atoms with Crippen molar-refractivity contribution in [1.82, 2.24) is 4.57 Å². The van der Waals surface area contributed by atoms with Crippen LogP contribution in [-0.4, -0.2) is 4.57 Å². The number of aromatic nitrogens is 1. The second-order valence-electron chi connectivity index (χ2n) is 18.4. The third kappa shape index (κ3) is 4.96. The van der Waals surface area contributed by atoms with Gasteiger partial charge in [-0.15, -0.1) is 0 Å². The van der Waals surface area contributed by atoms with E-state index in [-0.39, 0.29) is 5.41 Å². The summed E-state index contributed by atoms with van der Waals surface area (Å²) in [4.78, 5) is 5.10. The minimum absolute atomic E-state index is 0.0979. The first-order valence-corrected chi connectivity index (χ1v) is 23.5. The minimum atomic E-state index is -0.562. The van der Waals surface area contributed by atoms with E-state index in [0.717, 1.165) is 22.7 Å². The molecule has 0 saturated carbocycles. The Kier molecular flexibility index (Phi) is 7.63. The van der Waals surface area contributed by atoms with Crippen molar-refractivity contribution in [2.45, 2.75) is 34.5 Å². The maximum absolute atomic E-state index is 2.53. The van der Waals surface area contributed by atoms with Gasteiger partial charge in [0, 0.05) is 48.7 Å². The zero-order chi connectivity index (χ0) is 43.0. The molecule has 0 amide bonds. The molecule has 1 unspecified atom stereocenters. The number of nitrogens with zero attached hydrogens (tertiary/aromatic N) is 2. The van der Waals surface area contributed by atoms with Crippen molar-refractivity contribution in [3.63, 3.8) is 0 Å². The first-order valence-electron chi connectivity index (χ1n) is 22.7. The van der Waals surface area contributed by atoms with E-state index in [0.29, 0.717) is 0 Å². The molecule has 3 heteroatoms. The van der Waals surface area contributed by atoms with Crippen LogP contribution < -0.4 is 4.90 Å². The molecule has 0 bridgehead atoms. The SMILES string of the molecule is CC1(C)c2ccccc2-c2cc(N(c3ccc4c(c3)C3(c5ccccc5S4)c4ccccc4-c4cccc5cccc3c45)c3ccc4c5ccccc5n(-c5ccccc5)c4c3)ccc21. The fourth-order valence-electron chi connectivity index (χ4n) is 12.1. The van der Waals surface area contributed by atoms with Crippen LogP contribution in [-0.2, 0) is 10.8 Å². The summed E-state index contributed by atoms with van der Waals surface area (Å²) in [6.45, 7) is 4.73. The third-order valence-electron chi connectivity index (χ3n) is 14.8. The topological polar surface area (TPSA) is 8.17 Å². The number of hydrogen-bond donors (Lipinski definition) is 0. The van der Waals surface area contributed by atoms with Gasteiger partial charge < -0.3 is 9.47 Å². The Morgan fingerprint density at radius 3 is 1.83 bits per heavy atom. The molecular weight excluding hydrogens is 805 g/mol. The predicted molar refractivity (Wildman–Crippen MR) is 272 cm³/mol. The molecule has 14 rings (SSSR count). The largest absolute Gasteiger partial charge is 0.310 e. The van der Waals surface area contributed by atoms with Crippen LogP contribution >= 0.6 is 11.8 Å². The van der Waals surface area contributed by atoms with Crippen molar-refractivity contribution >= 4 is 61.4 Å². The van der Waals surface area contributed by atoms with Gasteiger partial charge in [0.25, 0.3) is 0 Å². The summed E-state index contributed by atoms with van der Waals surface area (Å²) in [5, 5.41) is 5.09. The summed E-state index contributed by atoms with van der Waals surface area (Å²) in [5.74, 6) is 0. The summed E-state index contributed by atoms with van der Waals surface area (Å²) < 4.78 is 2.43. The van der Waals surface area contributed by atoms with Crippen molar-refractivity contribution in [2.24, 2.45) is 0 Å². The average Bonchev–Trinajstić information content (AvgIpc) is 3.80. The van der Waals surface area contributed by atoms with Crippen LogP contribution in [0.15, 0.2) is 228 Å². The Hall–Kier alpha value is -7.59. The molecule has 2 aliphatic carbocycles. The molecule has 1 atom stereocenters. The van der Waals surface area contributed by atoms with Crippen molar-refractivity contribution < 1.29 is 0 Å². The molecule has 3 aliphatic rings. The molecule has 306 valence electrons. The zero-order valence-electron chi connectivity index (χ0n) is 36.1. The van der Waals surface area contributed by atoms with Gasteiger partial charge in [0.1, 0.15) is 0 Å². The van der Waals surface area contributed by atoms with E-state index < -0.39 is 5.41 Å². The minimum Gasteiger partial charge on any atom is -0.310 e. The first kappa shape index (κ1) is 36.8. The standard InChI is InChI=1S/C62H42N2S/c1-61(2)50-24-9-6-21-45(50)49-36-41(31-34-51(49)61)63(43-30-33-47-46-22-8-12-28-56(46)64(57(47)38-43)40-18-4-3-5-19-40)42-32-35-59-55(37-42)62(53-26-11-13-29-58(53)65-59)52-25-10-7-20-44(52)48-23-14-16-39-17-15-27-54(62)60(39)48/h3-38H,1-2H3. The van der Waals surface area contributed by atoms with Crippen molar-refractivity contribution in [2.75, 3.05) is 4.90 Å². The van der Waals surface area contributed by atoms with Gasteiger partial charge in [-0.1, -0.05) is 177 Å². The number of para-hydroxylation sites is 2. The Labute approximate surface area is 383 Å². The highest BCUT2D eigenvalue weighted by atomic mass is 32.2. The molecule has 2 heterocycles. The van der Waals surface area contributed by atoms with Gasteiger partial charge in [-0.2, -0.15) is 0 Å². The highest BCUT2D eigenvalue weighted by molar-refractivity contribution is 7.99. The molecule has 11 aromatic rings. The van der Waals surface area contributed by atoms with E-state index in [1.807, 2.05) is 11.8 Å². The van der Waals surface area contributed by atoms with Gasteiger partial charge in [-0.3, -0.25) is 0 Å². The van der Waals surface area contributed by atoms with Crippen molar-refractivity contribution in [3.05, 3.63) is 252 Å². The number of rotatable bonds is 4. The zero-order valence-corrected chi connectivity index (χ0v) is 36.9. The highest BCUT2D eigenvalue weighted by Crippen LogP contribution is 2.62. The van der Waals surface area contributed by atoms with E-state index in [1.54, 1.807) is 0 Å². The molecule has 0 N–H and O–H groups in total. The summed E-state index contributed by atoms with van der Waals surface area (Å²) in [6.07, 6.45) is 0. The lowest BCUT2D eigenvalue weighted by Gasteiger charge is -2.46. The second-order valence-corrected chi connectivity index (χ2v) is 19.5. The number of hydrogen-bond acceptors (Lipinski definition) is 2. The van der Waals surface area contributed by atoms with E-state index in [4.69, 9.17) is 0 Å². The normalized spacial score (nSPS) is 16.0. The molecule has 65 heavy (non-hydrogen) atoms. The van der Waals surface area contributed by atoms with Crippen LogP contribution in [0.5, 0.6) is 0 Å². The van der Waals surface area contributed by atoms with E-state index in [1.165, 1.54) is 98.0 Å². The van der Waals surface area contributed by atoms with Crippen LogP contribution in [0.1, 0.15) is 47.2 Å². The van der Waals surface area contributed by atoms with Gasteiger partial charge in [0.2, 0.25) is 0 Å². The smallest absolute Gasteiger partial charge is 0.0736 e. The Morgan fingerprint density at radius 2 is 0.969 bits per heavy atom. The molecule has 1 spiro atoms. The van der Waals surface area contributed by atoms with Gasteiger partial charge in [-0.05, 0) is 133 Å². The maximum atomic E-state index is 2.53. The maximum Gasteiger partial charge on any atom is 0.0736 e. The van der Waals surface area contributed by atoms with E-state index in [2.05, 4.69) is 242 Å². The Balaban J connectivity index is 1.07. The van der Waals surface area contributed by atoms with Gasteiger partial charge in [-0.25, -0.2) is 0 Å². The molecule has 1 aliphatic heterocycles. The average molecular weight is 847 g/mol. The number of fused-ring (bicyclic) bond motifs is 14. The lowest BCUT2D eigenvalue weighted by atomic mass is 9.59.